The highest BCUT2D eigenvalue weighted by Gasteiger charge is 2.53. The van der Waals surface area contributed by atoms with Crippen molar-refractivity contribution >= 4 is 41.1 Å². The Balaban J connectivity index is 1.93. The van der Waals surface area contributed by atoms with Gasteiger partial charge in [0.2, 0.25) is 0 Å². The lowest BCUT2D eigenvalue weighted by Gasteiger charge is -2.38. The van der Waals surface area contributed by atoms with Gasteiger partial charge in [-0.05, 0) is 147 Å². The van der Waals surface area contributed by atoms with Crippen molar-refractivity contribution in [3.05, 3.63) is 21.7 Å². The Kier molecular flexibility index (Phi) is 19.2. The van der Waals surface area contributed by atoms with Crippen molar-refractivity contribution in [1.82, 2.24) is 15.6 Å². The van der Waals surface area contributed by atoms with Gasteiger partial charge in [0.1, 0.15) is 24.1 Å². The fourth-order valence-electron chi connectivity index (χ4n) is 7.87. The second-order valence-corrected chi connectivity index (χ2v) is 23.2. The van der Waals surface area contributed by atoms with Crippen molar-refractivity contribution in [3.8, 4) is 0 Å². The number of nitrogens with one attached hydrogen (secondary N) is 2. The van der Waals surface area contributed by atoms with Gasteiger partial charge in [0.25, 0.3) is 0 Å². The SMILES string of the molecule is C/C(=C\c1csc(C)n1)C1C[C@@H]2O[C@]2(C)CCC[C@H](C)[C@H](OC(=O)CNC(C)(C)CCOC(C)(C)C)[C@@H](C)C(=O)C(C)(C)[C@@H](OC(=O)CNC(C)(C)CCOC(C)(C)C)CC(=O)O1. The number of ketones is 1. The Morgan fingerprint density at radius 3 is 1.94 bits per heavy atom. The minimum Gasteiger partial charge on any atom is -0.460 e. The highest BCUT2D eigenvalue weighted by molar-refractivity contribution is 7.09. The van der Waals surface area contributed by atoms with E-state index in [9.17, 15) is 19.2 Å². The molecule has 2 aliphatic heterocycles. The van der Waals surface area contributed by atoms with Crippen LogP contribution < -0.4 is 10.6 Å². The number of epoxide rings is 1. The van der Waals surface area contributed by atoms with Crippen molar-refractivity contribution < 1.29 is 47.6 Å². The molecule has 13 nitrogen and oxygen atoms in total. The van der Waals surface area contributed by atoms with Gasteiger partial charge < -0.3 is 39.1 Å². The van der Waals surface area contributed by atoms with Gasteiger partial charge in [0, 0.05) is 36.1 Å². The molecule has 0 aromatic carbocycles. The maximum atomic E-state index is 14.9. The first kappa shape index (κ1) is 54.6. The molecule has 0 amide bonds. The highest BCUT2D eigenvalue weighted by Crippen LogP contribution is 2.45. The molecule has 0 aliphatic carbocycles. The van der Waals surface area contributed by atoms with Gasteiger partial charge in [-0.2, -0.15) is 0 Å². The number of nitrogens with zero attached hydrogens (tertiary/aromatic N) is 1. The van der Waals surface area contributed by atoms with Gasteiger partial charge in [0.15, 0.2) is 0 Å². The molecule has 1 aromatic rings. The van der Waals surface area contributed by atoms with Crippen molar-refractivity contribution in [2.75, 3.05) is 26.3 Å². The maximum absolute atomic E-state index is 14.9. The highest BCUT2D eigenvalue weighted by atomic mass is 32.1. The van der Waals surface area contributed by atoms with Crippen molar-refractivity contribution in [2.24, 2.45) is 17.3 Å². The van der Waals surface area contributed by atoms with Crippen LogP contribution in [0.5, 0.6) is 0 Å². The minimum absolute atomic E-state index is 0.0570. The summed E-state index contributed by atoms with van der Waals surface area (Å²) in [6.07, 6.45) is 2.66. The zero-order valence-electron chi connectivity index (χ0n) is 41.8. The first-order valence-corrected chi connectivity index (χ1v) is 23.9. The van der Waals surface area contributed by atoms with E-state index < -0.39 is 64.2 Å². The van der Waals surface area contributed by atoms with E-state index in [0.717, 1.165) is 29.1 Å². The monoisotopic (exact) mass is 906 g/mol. The van der Waals surface area contributed by atoms with Crippen LogP contribution >= 0.6 is 11.3 Å². The average molecular weight is 906 g/mol. The van der Waals surface area contributed by atoms with Crippen molar-refractivity contribution in [3.63, 3.8) is 0 Å². The zero-order valence-corrected chi connectivity index (χ0v) is 42.7. The van der Waals surface area contributed by atoms with Crippen LogP contribution in [0.4, 0.5) is 0 Å². The largest absolute Gasteiger partial charge is 0.460 e. The molecule has 2 fully saturated rings. The van der Waals surface area contributed by atoms with Gasteiger partial charge >= 0.3 is 17.9 Å². The van der Waals surface area contributed by atoms with E-state index in [-0.39, 0.29) is 48.5 Å². The molecule has 0 saturated carbocycles. The zero-order chi connectivity index (χ0) is 47.8. The summed E-state index contributed by atoms with van der Waals surface area (Å²) in [5, 5.41) is 9.47. The van der Waals surface area contributed by atoms with Crippen LogP contribution in [0.25, 0.3) is 6.08 Å². The van der Waals surface area contributed by atoms with Gasteiger partial charge in [-0.15, -0.1) is 11.3 Å². The number of aryl methyl sites for hydroxylation is 1. The predicted molar refractivity (Wildman–Crippen MR) is 248 cm³/mol. The van der Waals surface area contributed by atoms with Crippen LogP contribution in [0.15, 0.2) is 11.0 Å². The smallest absolute Gasteiger partial charge is 0.320 e. The number of aromatic nitrogens is 1. The number of fused-ring (bicyclic) bond motifs is 1. The molecule has 2 aliphatic rings. The molecule has 2 N–H and O–H groups in total. The molecular weight excluding hydrogens is 823 g/mol. The molecule has 0 radical (unpaired) electrons. The van der Waals surface area contributed by atoms with E-state index in [2.05, 4.69) is 22.5 Å². The number of carbonyl (C=O) groups excluding carboxylic acids is 4. The van der Waals surface area contributed by atoms with E-state index in [1.165, 1.54) is 11.3 Å². The van der Waals surface area contributed by atoms with Crippen LogP contribution in [0.3, 0.4) is 0 Å². The molecule has 1 aromatic heterocycles. The first-order valence-electron chi connectivity index (χ1n) is 23.0. The van der Waals surface area contributed by atoms with E-state index in [4.69, 9.17) is 28.4 Å². The van der Waals surface area contributed by atoms with Gasteiger partial charge in [-0.25, -0.2) is 4.98 Å². The number of carbonyl (C=O) groups is 4. The Labute approximate surface area is 383 Å². The number of Topliss-reactive ketones (excluding diaryl/α,β-unsaturated/α-hetero) is 1. The topological polar surface area (TPSA) is 164 Å². The number of esters is 3. The third kappa shape index (κ3) is 18.6. The summed E-state index contributed by atoms with van der Waals surface area (Å²) in [5.41, 5.74) is -1.71. The molecule has 7 atom stereocenters. The molecule has 360 valence electrons. The average Bonchev–Trinajstić information content (AvgIpc) is 3.59. The number of hydrogen-bond acceptors (Lipinski definition) is 14. The molecule has 0 spiro atoms. The molecule has 63 heavy (non-hydrogen) atoms. The van der Waals surface area contributed by atoms with Crippen LogP contribution in [-0.4, -0.2) is 107 Å². The van der Waals surface area contributed by atoms with E-state index in [0.29, 0.717) is 38.9 Å². The summed E-state index contributed by atoms with van der Waals surface area (Å²) in [6, 6.07) is 0. The standard InChI is InChI=1S/C49H83N3O10S/c1-31-19-18-20-49(17)38(62-49)26-36(32(2)25-35-30-63-34(4)52-35)59-39(53)27-37(60-40(54)28-50-46(11,12)21-23-57-44(5,6)7)48(15,16)43(56)33(3)42(31)61-41(55)29-51-47(13,14)22-24-58-45(8,9)10/h25,30-31,33,36-38,42,50-51H,18-24,26-29H2,1-17H3/b32-25+/t31-,33+,36?,37-,38-,42-,49+/m0/s1. The molecule has 3 rings (SSSR count). The normalized spacial score (nSPS) is 27.0. The Morgan fingerprint density at radius 2 is 1.43 bits per heavy atom. The number of hydrogen-bond donors (Lipinski definition) is 2. The van der Waals surface area contributed by atoms with E-state index >= 15 is 0 Å². The van der Waals surface area contributed by atoms with Crippen LogP contribution in [-0.2, 0) is 47.6 Å². The molecule has 0 bridgehead atoms. The third-order valence-corrected chi connectivity index (χ3v) is 13.1. The van der Waals surface area contributed by atoms with Gasteiger partial charge in [-0.1, -0.05) is 20.3 Å². The summed E-state index contributed by atoms with van der Waals surface area (Å²) in [6.45, 7) is 33.8. The number of thiazole rings is 1. The van der Waals surface area contributed by atoms with Gasteiger partial charge in [-0.3, -0.25) is 19.2 Å². The Morgan fingerprint density at radius 1 is 0.889 bits per heavy atom. The molecular formula is C49H83N3O10S. The second-order valence-electron chi connectivity index (χ2n) is 22.1. The lowest BCUT2D eigenvalue weighted by Crippen LogP contribution is -2.50. The van der Waals surface area contributed by atoms with Crippen LogP contribution in [0.1, 0.15) is 166 Å². The summed E-state index contributed by atoms with van der Waals surface area (Å²) in [4.78, 5) is 61.0. The second kappa shape index (κ2) is 22.2. The van der Waals surface area contributed by atoms with Crippen LogP contribution in [0, 0.1) is 24.2 Å². The summed E-state index contributed by atoms with van der Waals surface area (Å²) in [5.74, 6) is -3.02. The summed E-state index contributed by atoms with van der Waals surface area (Å²) < 4.78 is 36.8. The molecule has 1 unspecified atom stereocenters. The quantitative estimate of drug-likeness (QED) is 0.0921. The molecule has 14 heteroatoms. The van der Waals surface area contributed by atoms with E-state index in [1.54, 1.807) is 20.8 Å². The minimum atomic E-state index is -1.39. The predicted octanol–water partition coefficient (Wildman–Crippen LogP) is 8.73. The maximum Gasteiger partial charge on any atom is 0.320 e. The molecule has 2 saturated heterocycles. The fourth-order valence-corrected chi connectivity index (χ4v) is 8.44. The van der Waals surface area contributed by atoms with Crippen LogP contribution in [0.2, 0.25) is 0 Å². The fraction of sp³-hybridized carbons (Fsp3) is 0.816. The van der Waals surface area contributed by atoms with E-state index in [1.807, 2.05) is 101 Å². The Bertz CT molecular complexity index is 1720. The summed E-state index contributed by atoms with van der Waals surface area (Å²) >= 11 is 1.54. The molecule has 3 heterocycles. The lowest BCUT2D eigenvalue weighted by molar-refractivity contribution is -0.168. The third-order valence-electron chi connectivity index (χ3n) is 12.3. The lowest BCUT2D eigenvalue weighted by atomic mass is 9.72. The van der Waals surface area contributed by atoms with Crippen molar-refractivity contribution in [1.29, 1.82) is 0 Å². The first-order chi connectivity index (χ1) is 28.8. The van der Waals surface area contributed by atoms with Crippen molar-refractivity contribution in [2.45, 2.75) is 215 Å². The van der Waals surface area contributed by atoms with Gasteiger partial charge in [0.05, 0.1) is 64.5 Å². The summed E-state index contributed by atoms with van der Waals surface area (Å²) in [7, 11) is 0. The number of rotatable bonds is 16. The number of cyclic esters (lactones) is 1. The Hall–Kier alpha value is -2.75. The number of ether oxygens (including phenoxy) is 6.